The van der Waals surface area contributed by atoms with Crippen LogP contribution < -0.4 is 5.32 Å². The van der Waals surface area contributed by atoms with E-state index in [-0.39, 0.29) is 23.9 Å². The molecule has 3 rings (SSSR count). The van der Waals surface area contributed by atoms with Gasteiger partial charge < -0.3 is 15.1 Å². The van der Waals surface area contributed by atoms with Gasteiger partial charge in [-0.05, 0) is 72.0 Å². The van der Waals surface area contributed by atoms with Crippen LogP contribution in [0.5, 0.6) is 0 Å². The van der Waals surface area contributed by atoms with Gasteiger partial charge in [0.25, 0.3) is 0 Å². The van der Waals surface area contributed by atoms with E-state index in [4.69, 9.17) is 0 Å². The molecule has 0 aliphatic carbocycles. The largest absolute Gasteiger partial charge is 0.354 e. The predicted octanol–water partition coefficient (Wildman–Crippen LogP) is 1.86. The number of rotatable bonds is 6. The number of nitrogens with zero attached hydrogens (tertiary/aromatic N) is 3. The number of carbonyl (C=O) groups is 2. The van der Waals surface area contributed by atoms with Crippen molar-refractivity contribution in [2.45, 2.75) is 70.5 Å². The van der Waals surface area contributed by atoms with E-state index in [0.717, 1.165) is 77.8 Å². The Hall–Kier alpha value is -1.40. The molecule has 3 fully saturated rings. The molecule has 0 unspecified atom stereocenters. The molecule has 0 aromatic rings. The van der Waals surface area contributed by atoms with E-state index in [1.54, 1.807) is 0 Å². The zero-order valence-electron chi connectivity index (χ0n) is 17.7. The van der Waals surface area contributed by atoms with Gasteiger partial charge in [-0.3, -0.25) is 14.5 Å². The normalized spacial score (nSPS) is 26.0. The SMILES string of the molecule is C=CCN1CCC[C@@H]1C(=O)N1CCC(N2CCC(C(=O)NC(C)C)CC2)CC1. The van der Waals surface area contributed by atoms with Crippen molar-refractivity contribution in [1.82, 2.24) is 20.0 Å². The van der Waals surface area contributed by atoms with E-state index in [1.807, 2.05) is 19.9 Å². The van der Waals surface area contributed by atoms with E-state index < -0.39 is 0 Å². The molecule has 3 saturated heterocycles. The summed E-state index contributed by atoms with van der Waals surface area (Å²) in [6.45, 7) is 13.4. The standard InChI is InChI=1S/C22H38N4O2/c1-4-11-25-12-5-6-20(25)22(28)26-15-9-19(10-16-26)24-13-7-18(8-14-24)21(27)23-17(2)3/h4,17-20H,1,5-16H2,2-3H3,(H,23,27)/t20-/m1/s1. The topological polar surface area (TPSA) is 55.9 Å². The first-order valence-electron chi connectivity index (χ1n) is 11.2. The minimum absolute atomic E-state index is 0.0600. The van der Waals surface area contributed by atoms with Crippen LogP contribution in [0.15, 0.2) is 12.7 Å². The molecule has 0 aromatic carbocycles. The fourth-order valence-corrected chi connectivity index (χ4v) is 5.08. The fraction of sp³-hybridized carbons (Fsp3) is 0.818. The number of carbonyl (C=O) groups excluding carboxylic acids is 2. The first-order valence-corrected chi connectivity index (χ1v) is 11.2. The van der Waals surface area contributed by atoms with Gasteiger partial charge in [0.05, 0.1) is 6.04 Å². The minimum atomic E-state index is 0.0600. The fourth-order valence-electron chi connectivity index (χ4n) is 5.08. The Bertz CT molecular complexity index is 549. The summed E-state index contributed by atoms with van der Waals surface area (Å²) >= 11 is 0. The van der Waals surface area contributed by atoms with Gasteiger partial charge in [-0.15, -0.1) is 6.58 Å². The lowest BCUT2D eigenvalue weighted by Crippen LogP contribution is -2.53. The number of hydrogen-bond donors (Lipinski definition) is 1. The molecule has 3 aliphatic rings. The van der Waals surface area contributed by atoms with Gasteiger partial charge in [0, 0.05) is 37.6 Å². The monoisotopic (exact) mass is 390 g/mol. The summed E-state index contributed by atoms with van der Waals surface area (Å²) in [5.41, 5.74) is 0. The van der Waals surface area contributed by atoms with Crippen LogP contribution >= 0.6 is 0 Å². The number of piperidine rings is 2. The molecule has 158 valence electrons. The van der Waals surface area contributed by atoms with Crippen molar-refractivity contribution in [2.75, 3.05) is 39.3 Å². The van der Waals surface area contributed by atoms with Crippen LogP contribution in [0.2, 0.25) is 0 Å². The first kappa shape index (κ1) is 21.3. The molecule has 2 amide bonds. The van der Waals surface area contributed by atoms with Gasteiger partial charge >= 0.3 is 0 Å². The molecule has 3 heterocycles. The Labute approximate surface area is 170 Å². The van der Waals surface area contributed by atoms with Crippen molar-refractivity contribution in [3.8, 4) is 0 Å². The van der Waals surface area contributed by atoms with Gasteiger partial charge in [-0.1, -0.05) is 6.08 Å². The zero-order valence-corrected chi connectivity index (χ0v) is 17.7. The van der Waals surface area contributed by atoms with Gasteiger partial charge in [0.2, 0.25) is 11.8 Å². The predicted molar refractivity (Wildman–Crippen MR) is 112 cm³/mol. The Morgan fingerprint density at radius 1 is 1.04 bits per heavy atom. The van der Waals surface area contributed by atoms with Gasteiger partial charge in [0.1, 0.15) is 0 Å². The molecule has 1 N–H and O–H groups in total. The maximum atomic E-state index is 13.0. The van der Waals surface area contributed by atoms with Crippen LogP contribution in [0.3, 0.4) is 0 Å². The number of nitrogens with one attached hydrogen (secondary N) is 1. The van der Waals surface area contributed by atoms with Crippen LogP contribution in [-0.2, 0) is 9.59 Å². The highest BCUT2D eigenvalue weighted by atomic mass is 16.2. The molecule has 3 aliphatic heterocycles. The Morgan fingerprint density at radius 2 is 1.71 bits per heavy atom. The van der Waals surface area contributed by atoms with Crippen molar-refractivity contribution in [2.24, 2.45) is 5.92 Å². The second kappa shape index (κ2) is 9.88. The molecule has 6 heteroatoms. The molecule has 1 atom stereocenters. The minimum Gasteiger partial charge on any atom is -0.354 e. The molecular formula is C22H38N4O2. The third kappa shape index (κ3) is 5.15. The van der Waals surface area contributed by atoms with Crippen molar-refractivity contribution in [3.63, 3.8) is 0 Å². The zero-order chi connectivity index (χ0) is 20.1. The van der Waals surface area contributed by atoms with Gasteiger partial charge in [0.15, 0.2) is 0 Å². The highest BCUT2D eigenvalue weighted by Crippen LogP contribution is 2.26. The lowest BCUT2D eigenvalue weighted by atomic mass is 9.92. The van der Waals surface area contributed by atoms with Gasteiger partial charge in [-0.2, -0.15) is 0 Å². The van der Waals surface area contributed by atoms with Crippen molar-refractivity contribution < 1.29 is 9.59 Å². The van der Waals surface area contributed by atoms with E-state index in [1.165, 1.54) is 0 Å². The maximum Gasteiger partial charge on any atom is 0.239 e. The highest BCUT2D eigenvalue weighted by molar-refractivity contribution is 5.82. The average molecular weight is 391 g/mol. The molecule has 0 saturated carbocycles. The van der Waals surface area contributed by atoms with Crippen LogP contribution in [0, 0.1) is 5.92 Å². The third-order valence-corrected chi connectivity index (χ3v) is 6.64. The molecule has 0 radical (unpaired) electrons. The summed E-state index contributed by atoms with van der Waals surface area (Å²) in [5.74, 6) is 0.705. The van der Waals surface area contributed by atoms with E-state index in [9.17, 15) is 9.59 Å². The van der Waals surface area contributed by atoms with E-state index in [2.05, 4.69) is 26.6 Å². The summed E-state index contributed by atoms with van der Waals surface area (Å²) < 4.78 is 0. The van der Waals surface area contributed by atoms with Crippen molar-refractivity contribution in [3.05, 3.63) is 12.7 Å². The summed E-state index contributed by atoms with van der Waals surface area (Å²) in [5, 5.41) is 3.05. The lowest BCUT2D eigenvalue weighted by molar-refractivity contribution is -0.137. The molecule has 0 spiro atoms. The van der Waals surface area contributed by atoms with E-state index in [0.29, 0.717) is 11.9 Å². The van der Waals surface area contributed by atoms with Crippen LogP contribution in [-0.4, -0.2) is 83.9 Å². The third-order valence-electron chi connectivity index (χ3n) is 6.64. The summed E-state index contributed by atoms with van der Waals surface area (Å²) in [6.07, 6.45) is 8.03. The highest BCUT2D eigenvalue weighted by Gasteiger charge is 2.36. The Kier molecular flexibility index (Phi) is 7.52. The molecule has 0 aromatic heterocycles. The quantitative estimate of drug-likeness (QED) is 0.704. The molecule has 0 bridgehead atoms. The number of amides is 2. The lowest BCUT2D eigenvalue weighted by Gasteiger charge is -2.42. The molecule has 28 heavy (non-hydrogen) atoms. The van der Waals surface area contributed by atoms with Crippen molar-refractivity contribution >= 4 is 11.8 Å². The average Bonchev–Trinajstić information content (AvgIpc) is 3.16. The first-order chi connectivity index (χ1) is 13.5. The molecular weight excluding hydrogens is 352 g/mol. The summed E-state index contributed by atoms with van der Waals surface area (Å²) in [7, 11) is 0. The number of likely N-dealkylation sites (tertiary alicyclic amines) is 3. The van der Waals surface area contributed by atoms with E-state index >= 15 is 0 Å². The summed E-state index contributed by atoms with van der Waals surface area (Å²) in [4.78, 5) is 32.1. The Balaban J connectivity index is 1.43. The van der Waals surface area contributed by atoms with Crippen LogP contribution in [0.4, 0.5) is 0 Å². The van der Waals surface area contributed by atoms with Crippen LogP contribution in [0.1, 0.15) is 52.4 Å². The van der Waals surface area contributed by atoms with Gasteiger partial charge in [-0.25, -0.2) is 0 Å². The summed E-state index contributed by atoms with van der Waals surface area (Å²) in [6, 6.07) is 0.838. The maximum absolute atomic E-state index is 13.0. The smallest absolute Gasteiger partial charge is 0.239 e. The Morgan fingerprint density at radius 3 is 2.32 bits per heavy atom. The second-order valence-electron chi connectivity index (χ2n) is 8.97. The van der Waals surface area contributed by atoms with Crippen molar-refractivity contribution in [1.29, 1.82) is 0 Å². The second-order valence-corrected chi connectivity index (χ2v) is 8.97. The molecule has 6 nitrogen and oxygen atoms in total. The number of hydrogen-bond acceptors (Lipinski definition) is 4. The van der Waals surface area contributed by atoms with Crippen LogP contribution in [0.25, 0.3) is 0 Å².